The van der Waals surface area contributed by atoms with Crippen molar-refractivity contribution in [1.29, 1.82) is 0 Å². The Morgan fingerprint density at radius 3 is 2.88 bits per heavy atom. The minimum absolute atomic E-state index is 0.115. The van der Waals surface area contributed by atoms with Crippen LogP contribution < -0.4 is 5.32 Å². The Morgan fingerprint density at radius 2 is 2.25 bits per heavy atom. The van der Waals surface area contributed by atoms with E-state index in [1.54, 1.807) is 6.20 Å². The smallest absolute Gasteiger partial charge is 0.224 e. The highest BCUT2D eigenvalue weighted by Gasteiger charge is 2.08. The highest BCUT2D eigenvalue weighted by Crippen LogP contribution is 2.17. The lowest BCUT2D eigenvalue weighted by Gasteiger charge is -2.12. The molecule has 1 atom stereocenters. The summed E-state index contributed by atoms with van der Waals surface area (Å²) in [5.74, 6) is 0.714. The molecule has 0 fully saturated rings. The molecule has 16 heavy (non-hydrogen) atoms. The number of nitrogens with zero attached hydrogens (tertiary/aromatic N) is 3. The first-order chi connectivity index (χ1) is 7.65. The van der Waals surface area contributed by atoms with Gasteiger partial charge in [-0.2, -0.15) is 5.10 Å². The van der Waals surface area contributed by atoms with Crippen LogP contribution in [-0.4, -0.2) is 20.2 Å². The fourth-order valence-electron chi connectivity index (χ4n) is 1.41. The Morgan fingerprint density at radius 1 is 1.44 bits per heavy atom. The first-order valence-electron chi connectivity index (χ1n) is 4.91. The molecule has 0 amide bonds. The molecule has 2 N–H and O–H groups in total. The van der Waals surface area contributed by atoms with Crippen molar-refractivity contribution in [2.75, 3.05) is 5.32 Å². The summed E-state index contributed by atoms with van der Waals surface area (Å²) in [5, 5.41) is 10.1. The minimum atomic E-state index is 0.115. The number of hydrogen-bond acceptors (Lipinski definition) is 4. The Labute approximate surface area is 98.3 Å². The molecule has 6 heteroatoms. The summed E-state index contributed by atoms with van der Waals surface area (Å²) >= 11 is 5.78. The Kier molecular flexibility index (Phi) is 3.05. The second-order valence-electron chi connectivity index (χ2n) is 3.56. The van der Waals surface area contributed by atoms with Crippen molar-refractivity contribution in [2.45, 2.75) is 19.9 Å². The second-order valence-corrected chi connectivity index (χ2v) is 3.90. The predicted molar refractivity (Wildman–Crippen MR) is 62.4 cm³/mol. The van der Waals surface area contributed by atoms with Gasteiger partial charge in [-0.3, -0.25) is 5.10 Å². The molecule has 0 aliphatic rings. The van der Waals surface area contributed by atoms with Crippen LogP contribution in [0.5, 0.6) is 0 Å². The Hall–Kier alpha value is -1.62. The van der Waals surface area contributed by atoms with Crippen LogP contribution in [0.15, 0.2) is 18.5 Å². The summed E-state index contributed by atoms with van der Waals surface area (Å²) in [4.78, 5) is 8.10. The molecule has 0 aliphatic carbocycles. The maximum atomic E-state index is 5.78. The van der Waals surface area contributed by atoms with Crippen LogP contribution in [0.1, 0.15) is 24.2 Å². The number of rotatable bonds is 3. The minimum Gasteiger partial charge on any atom is -0.363 e. The van der Waals surface area contributed by atoms with E-state index in [0.717, 1.165) is 11.3 Å². The first kappa shape index (κ1) is 10.9. The lowest BCUT2D eigenvalue weighted by molar-refractivity contribution is 0.871. The molecule has 0 saturated carbocycles. The summed E-state index contributed by atoms with van der Waals surface area (Å²) in [6.07, 6.45) is 3.61. The number of aryl methyl sites for hydroxylation is 1. The number of nitrogens with one attached hydrogen (secondary N) is 2. The molecule has 5 nitrogen and oxygen atoms in total. The molecule has 0 aromatic carbocycles. The highest BCUT2D eigenvalue weighted by atomic mass is 35.5. The van der Waals surface area contributed by atoms with Gasteiger partial charge in [-0.05, 0) is 25.4 Å². The van der Waals surface area contributed by atoms with Gasteiger partial charge in [0.15, 0.2) is 0 Å². The molecule has 2 aromatic rings. The van der Waals surface area contributed by atoms with Crippen LogP contribution in [0.2, 0.25) is 5.28 Å². The van der Waals surface area contributed by atoms with Crippen LogP contribution in [-0.2, 0) is 0 Å². The van der Waals surface area contributed by atoms with Gasteiger partial charge in [0.1, 0.15) is 5.82 Å². The molecule has 0 saturated heterocycles. The average molecular weight is 238 g/mol. The van der Waals surface area contributed by atoms with Crippen molar-refractivity contribution in [2.24, 2.45) is 0 Å². The molecule has 0 spiro atoms. The van der Waals surface area contributed by atoms with Gasteiger partial charge in [-0.25, -0.2) is 9.97 Å². The number of anilines is 1. The van der Waals surface area contributed by atoms with Gasteiger partial charge in [0.05, 0.1) is 12.2 Å². The van der Waals surface area contributed by atoms with Gasteiger partial charge < -0.3 is 5.32 Å². The van der Waals surface area contributed by atoms with E-state index >= 15 is 0 Å². The summed E-state index contributed by atoms with van der Waals surface area (Å²) in [7, 11) is 0. The van der Waals surface area contributed by atoms with Crippen molar-refractivity contribution < 1.29 is 0 Å². The quantitative estimate of drug-likeness (QED) is 0.805. The zero-order chi connectivity index (χ0) is 11.5. The predicted octanol–water partition coefficient (Wildman–Crippen LogP) is 2.33. The molecule has 1 unspecified atom stereocenters. The van der Waals surface area contributed by atoms with E-state index in [9.17, 15) is 0 Å². The Bertz CT molecular complexity index is 448. The molecular weight excluding hydrogens is 226 g/mol. The zero-order valence-electron chi connectivity index (χ0n) is 9.03. The molecule has 0 bridgehead atoms. The van der Waals surface area contributed by atoms with Crippen LogP contribution in [0.3, 0.4) is 0 Å². The Balaban J connectivity index is 2.15. The topological polar surface area (TPSA) is 66.5 Å². The molecule has 0 radical (unpaired) electrons. The van der Waals surface area contributed by atoms with Crippen LogP contribution in [0.4, 0.5) is 5.82 Å². The molecule has 2 heterocycles. The standard InChI is InChI=1S/C10H12ClN5/c1-6-3-9(16-10(11)14-6)15-7(2)8-4-12-13-5-8/h3-5,7H,1-2H3,(H,12,13)(H,14,15,16). The van der Waals surface area contributed by atoms with E-state index in [1.807, 2.05) is 26.1 Å². The molecule has 2 rings (SSSR count). The van der Waals surface area contributed by atoms with Gasteiger partial charge in [-0.1, -0.05) is 0 Å². The van der Waals surface area contributed by atoms with E-state index in [1.165, 1.54) is 0 Å². The molecular formula is C10H12ClN5. The van der Waals surface area contributed by atoms with E-state index in [2.05, 4.69) is 25.5 Å². The number of H-pyrrole nitrogens is 1. The monoisotopic (exact) mass is 237 g/mol. The van der Waals surface area contributed by atoms with Gasteiger partial charge >= 0.3 is 0 Å². The van der Waals surface area contributed by atoms with Gasteiger partial charge in [0.2, 0.25) is 5.28 Å². The fraction of sp³-hybridized carbons (Fsp3) is 0.300. The summed E-state index contributed by atoms with van der Waals surface area (Å²) in [5.41, 5.74) is 1.90. The second kappa shape index (κ2) is 4.49. The van der Waals surface area contributed by atoms with Crippen LogP contribution in [0.25, 0.3) is 0 Å². The summed E-state index contributed by atoms with van der Waals surface area (Å²) in [6.45, 7) is 3.90. The normalized spacial score (nSPS) is 12.4. The zero-order valence-corrected chi connectivity index (χ0v) is 9.78. The van der Waals surface area contributed by atoms with Crippen molar-refractivity contribution in [1.82, 2.24) is 20.2 Å². The van der Waals surface area contributed by atoms with Crippen LogP contribution in [0, 0.1) is 6.92 Å². The lowest BCUT2D eigenvalue weighted by atomic mass is 10.2. The molecule has 84 valence electrons. The number of aromatic amines is 1. The molecule has 2 aromatic heterocycles. The fourth-order valence-corrected chi connectivity index (χ4v) is 1.63. The largest absolute Gasteiger partial charge is 0.363 e. The third kappa shape index (κ3) is 2.49. The van der Waals surface area contributed by atoms with E-state index in [0.29, 0.717) is 5.82 Å². The average Bonchev–Trinajstić information content (AvgIpc) is 2.68. The van der Waals surface area contributed by atoms with Gasteiger partial charge in [0.25, 0.3) is 0 Å². The lowest BCUT2D eigenvalue weighted by Crippen LogP contribution is -2.07. The maximum absolute atomic E-state index is 5.78. The highest BCUT2D eigenvalue weighted by molar-refractivity contribution is 6.28. The first-order valence-corrected chi connectivity index (χ1v) is 5.29. The SMILES string of the molecule is Cc1cc(NC(C)c2cn[nH]c2)nc(Cl)n1. The van der Waals surface area contributed by atoms with Crippen molar-refractivity contribution in [3.63, 3.8) is 0 Å². The number of halogens is 1. The van der Waals surface area contributed by atoms with Crippen LogP contribution >= 0.6 is 11.6 Å². The third-order valence-electron chi connectivity index (χ3n) is 2.21. The van der Waals surface area contributed by atoms with E-state index in [4.69, 9.17) is 11.6 Å². The van der Waals surface area contributed by atoms with Gasteiger partial charge in [0, 0.05) is 23.5 Å². The molecule has 0 aliphatic heterocycles. The number of aromatic nitrogens is 4. The van der Waals surface area contributed by atoms with Crippen molar-refractivity contribution in [3.05, 3.63) is 35.0 Å². The maximum Gasteiger partial charge on any atom is 0.224 e. The van der Waals surface area contributed by atoms with E-state index < -0.39 is 0 Å². The van der Waals surface area contributed by atoms with E-state index in [-0.39, 0.29) is 11.3 Å². The van der Waals surface area contributed by atoms with Crippen molar-refractivity contribution >= 4 is 17.4 Å². The third-order valence-corrected chi connectivity index (χ3v) is 2.38. The van der Waals surface area contributed by atoms with Gasteiger partial charge in [-0.15, -0.1) is 0 Å². The number of hydrogen-bond donors (Lipinski definition) is 2. The van der Waals surface area contributed by atoms with Crippen molar-refractivity contribution in [3.8, 4) is 0 Å². The summed E-state index contributed by atoms with van der Waals surface area (Å²) < 4.78 is 0. The summed E-state index contributed by atoms with van der Waals surface area (Å²) in [6, 6.07) is 1.96.